The molecule has 0 fully saturated rings. The van der Waals surface area contributed by atoms with Gasteiger partial charge < -0.3 is 14.0 Å². The summed E-state index contributed by atoms with van der Waals surface area (Å²) in [5.74, 6) is 0.143. The van der Waals surface area contributed by atoms with E-state index in [0.29, 0.717) is 11.5 Å². The van der Waals surface area contributed by atoms with Crippen LogP contribution in [0.25, 0.3) is 0 Å². The van der Waals surface area contributed by atoms with Crippen LogP contribution in [0.4, 0.5) is 0 Å². The smallest absolute Gasteiger partial charge is 0.245 e. The van der Waals surface area contributed by atoms with E-state index in [1.807, 2.05) is 6.92 Å². The Morgan fingerprint density at radius 2 is 1.68 bits per heavy atom. The van der Waals surface area contributed by atoms with Gasteiger partial charge in [-0.05, 0) is 29.7 Å². The van der Waals surface area contributed by atoms with E-state index >= 15 is 0 Å². The minimum atomic E-state index is -1.49. The molecule has 6 heteroatoms. The molecule has 5 nitrogen and oxygen atoms in total. The zero-order valence-electron chi connectivity index (χ0n) is 12.8. The highest BCUT2D eigenvalue weighted by atomic mass is 32.2. The Bertz CT molecular complexity index is 636. The fourth-order valence-electron chi connectivity index (χ4n) is 2.31. The van der Waals surface area contributed by atoms with Gasteiger partial charge in [0, 0.05) is 6.08 Å². The van der Waals surface area contributed by atoms with Gasteiger partial charge in [0.15, 0.2) is 5.78 Å². The first-order chi connectivity index (χ1) is 10.5. The molecule has 22 heavy (non-hydrogen) atoms. The first kappa shape index (κ1) is 16.6. The average molecular weight is 322 g/mol. The summed E-state index contributed by atoms with van der Waals surface area (Å²) in [5.41, 5.74) is 0.303. The fourth-order valence-corrected chi connectivity index (χ4v) is 3.63. The molecule has 0 saturated carbocycles. The van der Waals surface area contributed by atoms with Gasteiger partial charge in [-0.1, -0.05) is 13.3 Å². The van der Waals surface area contributed by atoms with Crippen molar-refractivity contribution in [3.8, 4) is 11.5 Å². The van der Waals surface area contributed by atoms with Gasteiger partial charge in [0.2, 0.25) is 10.7 Å². The second-order valence-corrected chi connectivity index (χ2v) is 6.36. The highest BCUT2D eigenvalue weighted by Gasteiger charge is 2.37. The van der Waals surface area contributed by atoms with Crippen molar-refractivity contribution in [2.75, 3.05) is 20.0 Å². The summed E-state index contributed by atoms with van der Waals surface area (Å²) in [6.45, 7) is 1.97. The van der Waals surface area contributed by atoms with E-state index in [4.69, 9.17) is 9.47 Å². The number of ketones is 2. The van der Waals surface area contributed by atoms with Crippen LogP contribution in [0.1, 0.15) is 40.5 Å². The molecular formula is C16H18O5S. The van der Waals surface area contributed by atoms with Gasteiger partial charge in [-0.25, -0.2) is 0 Å². The maximum atomic E-state index is 12.7. The van der Waals surface area contributed by atoms with E-state index in [1.165, 1.54) is 20.3 Å². The van der Waals surface area contributed by atoms with Crippen LogP contribution in [0.15, 0.2) is 23.1 Å². The lowest BCUT2D eigenvalue weighted by Crippen LogP contribution is -2.25. The first-order valence-corrected chi connectivity index (χ1v) is 8.31. The lowest BCUT2D eigenvalue weighted by Gasteiger charge is -2.20. The summed E-state index contributed by atoms with van der Waals surface area (Å²) in [7, 11) is 2.85. The van der Waals surface area contributed by atoms with Crippen LogP contribution < -0.4 is 9.47 Å². The zero-order valence-corrected chi connectivity index (χ0v) is 13.6. The molecule has 0 heterocycles. The van der Waals surface area contributed by atoms with Crippen LogP contribution in [0.3, 0.4) is 0 Å². The molecule has 1 aliphatic rings. The number of hydrogen-bond acceptors (Lipinski definition) is 5. The van der Waals surface area contributed by atoms with Gasteiger partial charge in [0.25, 0.3) is 0 Å². The molecule has 0 radical (unpaired) electrons. The number of rotatable bonds is 6. The van der Waals surface area contributed by atoms with Crippen LogP contribution in [-0.4, -0.2) is 36.1 Å². The molecule has 1 atom stereocenters. The Morgan fingerprint density at radius 1 is 1.09 bits per heavy atom. The number of Topliss-reactive ketones (excluding diaryl/α,β-unsaturated/α-hetero) is 1. The van der Waals surface area contributed by atoms with Crippen LogP contribution in [0.2, 0.25) is 0 Å². The molecule has 0 spiro atoms. The van der Waals surface area contributed by atoms with Gasteiger partial charge in [0.05, 0.1) is 25.3 Å². The second-order valence-electron chi connectivity index (χ2n) is 4.83. The van der Waals surface area contributed by atoms with E-state index in [2.05, 4.69) is 0 Å². The Balaban J connectivity index is 2.51. The molecule has 0 amide bonds. The quantitative estimate of drug-likeness (QED) is 0.752. The van der Waals surface area contributed by atoms with Gasteiger partial charge in [0.1, 0.15) is 17.3 Å². The molecule has 1 aromatic carbocycles. The van der Waals surface area contributed by atoms with E-state index in [9.17, 15) is 14.1 Å². The van der Waals surface area contributed by atoms with E-state index < -0.39 is 17.0 Å². The van der Waals surface area contributed by atoms with E-state index in [1.54, 1.807) is 12.1 Å². The van der Waals surface area contributed by atoms with Crippen molar-refractivity contribution in [2.24, 2.45) is 0 Å². The number of benzene rings is 1. The summed E-state index contributed by atoms with van der Waals surface area (Å²) >= 11 is -1.49. The standard InChI is InChI=1S/C16H18O5S/c1-4-5-8-22(19)13-9-10(17)14-11(20-2)6-7-12(21-3)15(14)16(13)18/h6-7,9H,4-5,8H2,1-3H3. The van der Waals surface area contributed by atoms with Crippen molar-refractivity contribution in [3.63, 3.8) is 0 Å². The third-order valence-corrected chi connectivity index (χ3v) is 4.91. The monoisotopic (exact) mass is 322 g/mol. The van der Waals surface area contributed by atoms with Crippen molar-refractivity contribution in [2.45, 2.75) is 19.8 Å². The predicted octanol–water partition coefficient (Wildman–Crippen LogP) is 2.52. The summed E-state index contributed by atoms with van der Waals surface area (Å²) in [6, 6.07) is 3.15. The number of fused-ring (bicyclic) bond motifs is 1. The van der Waals surface area contributed by atoms with Gasteiger partial charge in [-0.3, -0.25) is 9.59 Å². The number of allylic oxidation sites excluding steroid dienone is 2. The highest BCUT2D eigenvalue weighted by Crippen LogP contribution is 2.37. The largest absolute Gasteiger partial charge is 0.611 e. The first-order valence-electron chi connectivity index (χ1n) is 6.99. The van der Waals surface area contributed by atoms with Crippen molar-refractivity contribution in [1.82, 2.24) is 0 Å². The van der Waals surface area contributed by atoms with Crippen LogP contribution in [0, 0.1) is 0 Å². The number of ether oxygens (including phenoxy) is 2. The van der Waals surface area contributed by atoms with E-state index in [0.717, 1.165) is 12.8 Å². The Morgan fingerprint density at radius 3 is 2.23 bits per heavy atom. The maximum absolute atomic E-state index is 12.7. The molecule has 1 aliphatic carbocycles. The van der Waals surface area contributed by atoms with Crippen LogP contribution >= 0.6 is 0 Å². The van der Waals surface area contributed by atoms with Crippen LogP contribution in [0.5, 0.6) is 11.5 Å². The summed E-state index contributed by atoms with van der Waals surface area (Å²) < 4.78 is 22.6. The molecule has 1 aromatic rings. The summed E-state index contributed by atoms with van der Waals surface area (Å²) in [5, 5.41) is 0. The molecule has 1 unspecified atom stereocenters. The Hall–Kier alpha value is -1.79. The SMILES string of the molecule is CCCC[S+]([O-])C1=CC(=O)c2c(OC)ccc(OC)c2C1=O. The van der Waals surface area contributed by atoms with Crippen molar-refractivity contribution in [1.29, 1.82) is 0 Å². The van der Waals surface area contributed by atoms with Crippen LogP contribution in [-0.2, 0) is 11.2 Å². The average Bonchev–Trinajstić information content (AvgIpc) is 2.54. The predicted molar refractivity (Wildman–Crippen MR) is 84.2 cm³/mol. The zero-order chi connectivity index (χ0) is 16.3. The third kappa shape index (κ3) is 2.89. The lowest BCUT2D eigenvalue weighted by atomic mass is 9.93. The number of hydrogen-bond donors (Lipinski definition) is 0. The highest BCUT2D eigenvalue weighted by molar-refractivity contribution is 7.96. The summed E-state index contributed by atoms with van der Waals surface area (Å²) in [4.78, 5) is 25.1. The Kier molecular flexibility index (Phi) is 5.26. The molecule has 0 aromatic heterocycles. The van der Waals surface area contributed by atoms with Gasteiger partial charge in [-0.15, -0.1) is 0 Å². The number of methoxy groups -OCH3 is 2. The van der Waals surface area contributed by atoms with Gasteiger partial charge >= 0.3 is 0 Å². The maximum Gasteiger partial charge on any atom is 0.245 e. The third-order valence-electron chi connectivity index (χ3n) is 3.46. The topological polar surface area (TPSA) is 75.7 Å². The minimum Gasteiger partial charge on any atom is -0.611 e. The molecule has 0 N–H and O–H groups in total. The number of carbonyl (C=O) groups excluding carboxylic acids is 2. The molecule has 2 rings (SSSR count). The van der Waals surface area contributed by atoms with E-state index in [-0.39, 0.29) is 27.6 Å². The second kappa shape index (κ2) is 6.98. The van der Waals surface area contributed by atoms with Gasteiger partial charge in [-0.2, -0.15) is 0 Å². The Labute approximate surface area is 132 Å². The normalized spacial score (nSPS) is 15.2. The summed E-state index contributed by atoms with van der Waals surface area (Å²) in [6.07, 6.45) is 2.76. The lowest BCUT2D eigenvalue weighted by molar-refractivity contribution is 0.0985. The minimum absolute atomic E-state index is 0.0394. The number of unbranched alkanes of at least 4 members (excludes halogenated alkanes) is 1. The molecule has 0 aliphatic heterocycles. The van der Waals surface area contributed by atoms with Crippen molar-refractivity contribution in [3.05, 3.63) is 34.2 Å². The van der Waals surface area contributed by atoms with Crippen molar-refractivity contribution >= 4 is 22.7 Å². The van der Waals surface area contributed by atoms with Crippen molar-refractivity contribution < 1.29 is 23.6 Å². The molecule has 0 bridgehead atoms. The molecule has 0 saturated heterocycles. The number of carbonyl (C=O) groups is 2. The molecular weight excluding hydrogens is 304 g/mol. The fraction of sp³-hybridized carbons (Fsp3) is 0.375. The molecule has 118 valence electrons.